The number of terminal acetylenes is 1. The normalized spacial score (nSPS) is 9.57. The lowest BCUT2D eigenvalue weighted by Gasteiger charge is -2.08. The minimum Gasteiger partial charge on any atom is -0.462 e. The van der Waals surface area contributed by atoms with Crippen molar-refractivity contribution >= 4 is 5.97 Å². The van der Waals surface area contributed by atoms with E-state index < -0.39 is 5.60 Å². The average molecular weight is 321 g/mol. The predicted octanol–water partition coefficient (Wildman–Crippen LogP) is 3.99. The summed E-state index contributed by atoms with van der Waals surface area (Å²) in [7, 11) is 0. The van der Waals surface area contributed by atoms with Gasteiger partial charge in [0.1, 0.15) is 5.60 Å². The molecule has 1 rings (SSSR count). The fraction of sp³-hybridized carbons (Fsp3) is 0.579. The Kier molecular flexibility index (Phi) is 11.9. The maximum absolute atomic E-state index is 11.5. The Labute approximate surface area is 141 Å². The molecule has 0 aliphatic carbocycles. The van der Waals surface area contributed by atoms with Crippen LogP contribution in [-0.2, 0) is 4.74 Å². The quantitative estimate of drug-likeness (QED) is 0.661. The molecule has 0 saturated carbocycles. The fourth-order valence-electron chi connectivity index (χ4n) is 1.54. The summed E-state index contributed by atoms with van der Waals surface area (Å²) >= 11 is 0. The zero-order chi connectivity index (χ0) is 18.6. The number of nitrogens with zero attached hydrogens (tertiary/aromatic N) is 1. The standard InChI is InChI=1S/C11H15NO2.C5H8O.C3H8/c1-5-14-11(13)10-7(2)6-8(3)12-9(10)4;1-4-5(2,3)6;1-3-2/h6H,5H2,1-4H3;1,6H,2-3H3;3H2,1-2H3. The van der Waals surface area contributed by atoms with Gasteiger partial charge in [-0.3, -0.25) is 4.98 Å². The number of hydrogen-bond acceptors (Lipinski definition) is 4. The molecule has 0 amide bonds. The van der Waals surface area contributed by atoms with Crippen LogP contribution in [0.4, 0.5) is 0 Å². The van der Waals surface area contributed by atoms with E-state index in [2.05, 4.69) is 24.8 Å². The van der Waals surface area contributed by atoms with Gasteiger partial charge in [0.15, 0.2) is 0 Å². The van der Waals surface area contributed by atoms with E-state index in [9.17, 15) is 4.79 Å². The lowest BCUT2D eigenvalue weighted by atomic mass is 10.1. The van der Waals surface area contributed by atoms with Gasteiger partial charge in [0.25, 0.3) is 0 Å². The van der Waals surface area contributed by atoms with Gasteiger partial charge in [-0.25, -0.2) is 4.79 Å². The van der Waals surface area contributed by atoms with Crippen molar-refractivity contribution in [1.29, 1.82) is 0 Å². The van der Waals surface area contributed by atoms with Crippen molar-refractivity contribution in [3.8, 4) is 12.3 Å². The second-order valence-corrected chi connectivity index (χ2v) is 5.67. The molecular weight excluding hydrogens is 290 g/mol. The van der Waals surface area contributed by atoms with Crippen molar-refractivity contribution in [3.05, 3.63) is 28.6 Å². The largest absolute Gasteiger partial charge is 0.462 e. The van der Waals surface area contributed by atoms with Crippen LogP contribution in [0.2, 0.25) is 0 Å². The van der Waals surface area contributed by atoms with Gasteiger partial charge < -0.3 is 9.84 Å². The van der Waals surface area contributed by atoms with Crippen molar-refractivity contribution in [2.45, 2.75) is 67.4 Å². The van der Waals surface area contributed by atoms with Crippen LogP contribution in [0.25, 0.3) is 0 Å². The number of aromatic nitrogens is 1. The summed E-state index contributed by atoms with van der Waals surface area (Å²) < 4.78 is 4.95. The first-order valence-electron chi connectivity index (χ1n) is 7.86. The van der Waals surface area contributed by atoms with E-state index in [1.165, 1.54) is 6.42 Å². The van der Waals surface area contributed by atoms with Crippen LogP contribution >= 0.6 is 0 Å². The first-order chi connectivity index (χ1) is 10.5. The van der Waals surface area contributed by atoms with Crippen molar-refractivity contribution in [3.63, 3.8) is 0 Å². The van der Waals surface area contributed by atoms with E-state index >= 15 is 0 Å². The molecule has 0 atom stereocenters. The summed E-state index contributed by atoms with van der Waals surface area (Å²) in [5.74, 6) is 1.88. The highest BCUT2D eigenvalue weighted by Gasteiger charge is 2.14. The Bertz CT molecular complexity index is 499. The Balaban J connectivity index is 0. The Morgan fingerprint density at radius 1 is 1.30 bits per heavy atom. The molecule has 1 aromatic heterocycles. The van der Waals surface area contributed by atoms with Gasteiger partial charge in [0, 0.05) is 5.69 Å². The molecule has 0 radical (unpaired) electrons. The maximum atomic E-state index is 11.5. The van der Waals surface area contributed by atoms with Crippen molar-refractivity contribution in [1.82, 2.24) is 4.98 Å². The zero-order valence-corrected chi connectivity index (χ0v) is 15.8. The van der Waals surface area contributed by atoms with Gasteiger partial charge in [-0.2, -0.15) is 0 Å². The van der Waals surface area contributed by atoms with Crippen molar-refractivity contribution in [2.75, 3.05) is 6.61 Å². The zero-order valence-electron chi connectivity index (χ0n) is 15.8. The molecule has 0 bridgehead atoms. The molecule has 0 spiro atoms. The van der Waals surface area contributed by atoms with Crippen molar-refractivity contribution in [2.24, 2.45) is 0 Å². The monoisotopic (exact) mass is 321 g/mol. The molecule has 130 valence electrons. The number of ether oxygens (including phenoxy) is 1. The third-order valence-corrected chi connectivity index (χ3v) is 2.36. The molecule has 4 heteroatoms. The fourth-order valence-corrected chi connectivity index (χ4v) is 1.54. The van der Waals surface area contributed by atoms with Gasteiger partial charge >= 0.3 is 5.97 Å². The van der Waals surface area contributed by atoms with Crippen LogP contribution in [-0.4, -0.2) is 28.3 Å². The van der Waals surface area contributed by atoms with Gasteiger partial charge in [0.05, 0.1) is 17.9 Å². The van der Waals surface area contributed by atoms with E-state index in [0.717, 1.165) is 17.0 Å². The molecule has 0 aromatic carbocycles. The van der Waals surface area contributed by atoms with E-state index in [4.69, 9.17) is 16.3 Å². The molecule has 23 heavy (non-hydrogen) atoms. The number of esters is 1. The SMILES string of the molecule is C#CC(C)(C)O.CCC.CCOC(=O)c1c(C)cc(C)nc1C. The van der Waals surface area contributed by atoms with E-state index in [-0.39, 0.29) is 5.97 Å². The summed E-state index contributed by atoms with van der Waals surface area (Å²) in [6.07, 6.45) is 6.06. The number of carbonyl (C=O) groups excluding carboxylic acids is 1. The Hall–Kier alpha value is -1.86. The van der Waals surface area contributed by atoms with E-state index in [1.54, 1.807) is 20.8 Å². The molecule has 1 N–H and O–H groups in total. The molecule has 0 fully saturated rings. The smallest absolute Gasteiger partial charge is 0.340 e. The van der Waals surface area contributed by atoms with Crippen LogP contribution in [0.5, 0.6) is 0 Å². The van der Waals surface area contributed by atoms with Crippen LogP contribution < -0.4 is 0 Å². The molecule has 1 heterocycles. The highest BCUT2D eigenvalue weighted by atomic mass is 16.5. The van der Waals surface area contributed by atoms with Gasteiger partial charge in [-0.05, 0) is 53.2 Å². The van der Waals surface area contributed by atoms with Crippen LogP contribution in [0, 0.1) is 33.1 Å². The summed E-state index contributed by atoms with van der Waals surface area (Å²) in [5.41, 5.74) is 2.25. The lowest BCUT2D eigenvalue weighted by Crippen LogP contribution is -2.13. The number of pyridine rings is 1. The van der Waals surface area contributed by atoms with Crippen LogP contribution in [0.3, 0.4) is 0 Å². The third kappa shape index (κ3) is 11.4. The van der Waals surface area contributed by atoms with Gasteiger partial charge in [-0.1, -0.05) is 26.2 Å². The lowest BCUT2D eigenvalue weighted by molar-refractivity contribution is 0.0524. The third-order valence-electron chi connectivity index (χ3n) is 2.36. The maximum Gasteiger partial charge on any atom is 0.340 e. The number of hydrogen-bond donors (Lipinski definition) is 1. The topological polar surface area (TPSA) is 59.4 Å². The molecule has 1 aromatic rings. The average Bonchev–Trinajstić information content (AvgIpc) is 2.38. The van der Waals surface area contributed by atoms with Gasteiger partial charge in [0.2, 0.25) is 0 Å². The number of rotatable bonds is 2. The minimum absolute atomic E-state index is 0.282. The molecule has 0 saturated heterocycles. The second-order valence-electron chi connectivity index (χ2n) is 5.67. The summed E-state index contributed by atoms with van der Waals surface area (Å²) in [4.78, 5) is 15.8. The number of aryl methyl sites for hydroxylation is 3. The number of aliphatic hydroxyl groups is 1. The molecule has 0 unspecified atom stereocenters. The van der Waals surface area contributed by atoms with Crippen molar-refractivity contribution < 1.29 is 14.6 Å². The van der Waals surface area contributed by atoms with Crippen LogP contribution in [0.1, 0.15) is 68.3 Å². The first-order valence-corrected chi connectivity index (χ1v) is 7.86. The van der Waals surface area contributed by atoms with E-state index in [0.29, 0.717) is 12.2 Å². The first kappa shape index (κ1) is 23.4. The Morgan fingerprint density at radius 2 is 1.74 bits per heavy atom. The number of carbonyl (C=O) groups is 1. The van der Waals surface area contributed by atoms with Gasteiger partial charge in [-0.15, -0.1) is 6.42 Å². The molecular formula is C19H31NO3. The van der Waals surface area contributed by atoms with E-state index in [1.807, 2.05) is 26.8 Å². The summed E-state index contributed by atoms with van der Waals surface area (Å²) in [5, 5.41) is 8.59. The van der Waals surface area contributed by atoms with Crippen LogP contribution in [0.15, 0.2) is 6.07 Å². The highest BCUT2D eigenvalue weighted by molar-refractivity contribution is 5.92. The molecule has 0 aliphatic rings. The highest BCUT2D eigenvalue weighted by Crippen LogP contribution is 2.14. The Morgan fingerprint density at radius 3 is 2.04 bits per heavy atom. The second kappa shape index (κ2) is 11.7. The summed E-state index contributed by atoms with van der Waals surface area (Å²) in [6.45, 7) is 15.2. The summed E-state index contributed by atoms with van der Waals surface area (Å²) in [6, 6.07) is 1.89. The predicted molar refractivity (Wildman–Crippen MR) is 95.5 cm³/mol. The molecule has 0 aliphatic heterocycles. The molecule has 4 nitrogen and oxygen atoms in total. The minimum atomic E-state index is -0.931.